The Balaban J connectivity index is 1.02. The van der Waals surface area contributed by atoms with Crippen molar-refractivity contribution in [2.45, 2.75) is 0 Å². The van der Waals surface area contributed by atoms with Crippen LogP contribution in [-0.4, -0.2) is 4.57 Å². The molecule has 0 spiro atoms. The molecule has 0 bridgehead atoms. The van der Waals surface area contributed by atoms with Crippen molar-refractivity contribution >= 4 is 82.4 Å². The van der Waals surface area contributed by atoms with Crippen molar-refractivity contribution in [1.29, 1.82) is 0 Å². The fourth-order valence-electron chi connectivity index (χ4n) is 10.2. The first-order valence-corrected chi connectivity index (χ1v) is 22.2. The molecule has 304 valence electrons. The topological polar surface area (TPSA) is 21.3 Å². The molecule has 13 aromatic rings. The Labute approximate surface area is 376 Å². The van der Waals surface area contributed by atoms with E-state index in [1.165, 1.54) is 54.5 Å². The highest BCUT2D eigenvalue weighted by Crippen LogP contribution is 2.45. The molecule has 11 aromatic carbocycles. The number of anilines is 3. The number of nitrogens with zero attached hydrogens (tertiary/aromatic N) is 2. The van der Waals surface area contributed by atoms with Gasteiger partial charge in [0.2, 0.25) is 0 Å². The second-order valence-electron chi connectivity index (χ2n) is 16.9. The van der Waals surface area contributed by atoms with E-state index in [4.69, 9.17) is 4.42 Å². The van der Waals surface area contributed by atoms with Crippen molar-refractivity contribution in [2.24, 2.45) is 0 Å². The van der Waals surface area contributed by atoms with Crippen LogP contribution in [0.3, 0.4) is 0 Å². The molecule has 3 heteroatoms. The van der Waals surface area contributed by atoms with Crippen LogP contribution in [0.4, 0.5) is 17.1 Å². The van der Waals surface area contributed by atoms with Gasteiger partial charge >= 0.3 is 0 Å². The molecule has 0 aliphatic rings. The number of aromatic nitrogens is 1. The highest BCUT2D eigenvalue weighted by Gasteiger charge is 2.21. The van der Waals surface area contributed by atoms with Gasteiger partial charge in [-0.15, -0.1) is 0 Å². The molecule has 0 saturated heterocycles. The van der Waals surface area contributed by atoms with E-state index in [-0.39, 0.29) is 0 Å². The molecule has 0 atom stereocenters. The second-order valence-corrected chi connectivity index (χ2v) is 16.9. The summed E-state index contributed by atoms with van der Waals surface area (Å²) in [4.78, 5) is 2.41. The maximum absolute atomic E-state index is 6.80. The van der Waals surface area contributed by atoms with Crippen LogP contribution in [0.2, 0.25) is 0 Å². The molecular weight excluding hydrogens is 789 g/mol. The maximum Gasteiger partial charge on any atom is 0.143 e. The van der Waals surface area contributed by atoms with E-state index in [9.17, 15) is 0 Å². The Morgan fingerprint density at radius 3 is 1.68 bits per heavy atom. The fraction of sp³-hybridized carbons (Fsp3) is 0. The predicted octanol–water partition coefficient (Wildman–Crippen LogP) is 17.5. The standard InChI is InChI=1S/C62H40N2O/c1-2-15-41(16-3-1)44-18-12-20-47(37-44)63(48-21-13-19-45(38-48)51-26-14-27-52-50-22-5-4-17-42(50)33-36-53(51)52)49-39-57(62-58(40-49)56-25-8-11-30-61(56)65-62)43-31-34-46(35-32-43)64-59-28-9-6-23-54(59)55-24-7-10-29-60(55)64/h1-40H. The van der Waals surface area contributed by atoms with Gasteiger partial charge in [-0.3, -0.25) is 0 Å². The van der Waals surface area contributed by atoms with E-state index in [0.717, 1.165) is 66.9 Å². The monoisotopic (exact) mass is 828 g/mol. The van der Waals surface area contributed by atoms with Crippen molar-refractivity contribution in [1.82, 2.24) is 4.57 Å². The third-order valence-corrected chi connectivity index (χ3v) is 13.2. The molecule has 0 aliphatic heterocycles. The quantitative estimate of drug-likeness (QED) is 0.149. The summed E-state index contributed by atoms with van der Waals surface area (Å²) in [5, 5.41) is 9.65. The van der Waals surface area contributed by atoms with Crippen molar-refractivity contribution in [3.63, 3.8) is 0 Å². The minimum atomic E-state index is 0.867. The zero-order valence-electron chi connectivity index (χ0n) is 35.4. The molecule has 0 saturated carbocycles. The van der Waals surface area contributed by atoms with Gasteiger partial charge in [-0.2, -0.15) is 0 Å². The lowest BCUT2D eigenvalue weighted by Crippen LogP contribution is -2.10. The number of rotatable bonds is 7. The molecule has 65 heavy (non-hydrogen) atoms. The number of hydrogen-bond acceptors (Lipinski definition) is 2. The lowest BCUT2D eigenvalue weighted by molar-refractivity contribution is 0.670. The molecule has 0 amide bonds. The Kier molecular flexibility index (Phi) is 8.53. The summed E-state index contributed by atoms with van der Waals surface area (Å²) in [6.07, 6.45) is 0. The van der Waals surface area contributed by atoms with Crippen molar-refractivity contribution < 1.29 is 4.42 Å². The van der Waals surface area contributed by atoms with Crippen LogP contribution < -0.4 is 4.90 Å². The Morgan fingerprint density at radius 1 is 0.308 bits per heavy atom. The number of fused-ring (bicyclic) bond motifs is 9. The van der Waals surface area contributed by atoms with Crippen LogP contribution in [0, 0.1) is 0 Å². The largest absolute Gasteiger partial charge is 0.455 e. The van der Waals surface area contributed by atoms with Gasteiger partial charge < -0.3 is 13.9 Å². The molecule has 0 radical (unpaired) electrons. The zero-order valence-corrected chi connectivity index (χ0v) is 35.4. The summed E-state index contributed by atoms with van der Waals surface area (Å²) >= 11 is 0. The Bertz CT molecular complexity index is 3900. The van der Waals surface area contributed by atoms with Gasteiger partial charge in [0, 0.05) is 49.9 Å². The van der Waals surface area contributed by atoms with Crippen LogP contribution in [0.25, 0.3) is 104 Å². The molecule has 2 aromatic heterocycles. The van der Waals surface area contributed by atoms with Crippen molar-refractivity contribution in [2.75, 3.05) is 4.90 Å². The number of hydrogen-bond donors (Lipinski definition) is 0. The minimum absolute atomic E-state index is 0.867. The SMILES string of the molecule is c1ccc(-c2cccc(N(c3cccc(-c4cccc5c4ccc4ccccc45)c3)c3cc(-c4ccc(-n5c6ccccc6c6ccccc65)cc4)c4oc5ccccc5c4c3)c2)cc1. The smallest absolute Gasteiger partial charge is 0.143 e. The lowest BCUT2D eigenvalue weighted by atomic mass is 9.94. The van der Waals surface area contributed by atoms with Crippen LogP contribution in [-0.2, 0) is 0 Å². The molecule has 2 heterocycles. The molecule has 13 rings (SSSR count). The first kappa shape index (κ1) is 36.9. The summed E-state index contributed by atoms with van der Waals surface area (Å²) in [7, 11) is 0. The maximum atomic E-state index is 6.80. The molecule has 0 fully saturated rings. The summed E-state index contributed by atoms with van der Waals surface area (Å²) < 4.78 is 9.17. The highest BCUT2D eigenvalue weighted by atomic mass is 16.3. The van der Waals surface area contributed by atoms with Crippen molar-refractivity contribution in [3.05, 3.63) is 243 Å². The molecule has 0 N–H and O–H groups in total. The van der Waals surface area contributed by atoms with E-state index in [1.807, 2.05) is 0 Å². The van der Waals surface area contributed by atoms with Gasteiger partial charge in [0.25, 0.3) is 0 Å². The van der Waals surface area contributed by atoms with E-state index in [0.29, 0.717) is 0 Å². The number of furan rings is 1. The second kappa shape index (κ2) is 15.0. The third kappa shape index (κ3) is 6.12. The summed E-state index contributed by atoms with van der Waals surface area (Å²) in [6, 6.07) is 87.7. The summed E-state index contributed by atoms with van der Waals surface area (Å²) in [5.74, 6) is 0. The lowest BCUT2D eigenvalue weighted by Gasteiger charge is -2.27. The van der Waals surface area contributed by atoms with Crippen molar-refractivity contribution in [3.8, 4) is 39.1 Å². The van der Waals surface area contributed by atoms with Crippen LogP contribution in [0.1, 0.15) is 0 Å². The zero-order chi connectivity index (χ0) is 42.8. The number of para-hydroxylation sites is 3. The number of benzene rings is 11. The van der Waals surface area contributed by atoms with E-state index in [2.05, 4.69) is 252 Å². The Hall–Kier alpha value is -8.66. The average molecular weight is 829 g/mol. The van der Waals surface area contributed by atoms with Gasteiger partial charge in [0.05, 0.1) is 11.0 Å². The van der Waals surface area contributed by atoms with Gasteiger partial charge in [0.15, 0.2) is 0 Å². The first-order valence-electron chi connectivity index (χ1n) is 22.2. The van der Waals surface area contributed by atoms with Crippen LogP contribution in [0.5, 0.6) is 0 Å². The predicted molar refractivity (Wildman–Crippen MR) is 274 cm³/mol. The normalized spacial score (nSPS) is 11.7. The first-order chi connectivity index (χ1) is 32.2. The third-order valence-electron chi connectivity index (χ3n) is 13.2. The van der Waals surface area contributed by atoms with Crippen LogP contribution in [0.15, 0.2) is 247 Å². The van der Waals surface area contributed by atoms with Gasteiger partial charge in [-0.1, -0.05) is 176 Å². The summed E-state index contributed by atoms with van der Waals surface area (Å²) in [6.45, 7) is 0. The minimum Gasteiger partial charge on any atom is -0.455 e. The van der Waals surface area contributed by atoms with Gasteiger partial charge in [0.1, 0.15) is 11.2 Å². The van der Waals surface area contributed by atoms with E-state index in [1.54, 1.807) is 0 Å². The highest BCUT2D eigenvalue weighted by molar-refractivity contribution is 6.14. The van der Waals surface area contributed by atoms with Crippen LogP contribution >= 0.6 is 0 Å². The Morgan fingerprint density at radius 2 is 0.908 bits per heavy atom. The van der Waals surface area contributed by atoms with Gasteiger partial charge in [-0.25, -0.2) is 0 Å². The fourth-order valence-corrected chi connectivity index (χ4v) is 10.2. The van der Waals surface area contributed by atoms with E-state index >= 15 is 0 Å². The average Bonchev–Trinajstić information content (AvgIpc) is 3.92. The molecular formula is C62H40N2O. The molecule has 3 nitrogen and oxygen atoms in total. The summed E-state index contributed by atoms with van der Waals surface area (Å²) in [5.41, 5.74) is 15.2. The van der Waals surface area contributed by atoms with Gasteiger partial charge in [-0.05, 0) is 116 Å². The molecule has 0 aliphatic carbocycles. The molecule has 0 unspecified atom stereocenters. The van der Waals surface area contributed by atoms with E-state index < -0.39 is 0 Å².